The predicted octanol–water partition coefficient (Wildman–Crippen LogP) is 1.73. The van der Waals surface area contributed by atoms with Gasteiger partial charge in [-0.2, -0.15) is 5.10 Å². The highest BCUT2D eigenvalue weighted by Crippen LogP contribution is 2.27. The smallest absolute Gasteiger partial charge is 0.348 e. The molecule has 0 aliphatic rings. The van der Waals surface area contributed by atoms with Crippen LogP contribution < -0.4 is 5.43 Å². The number of nitrogens with zero attached hydrogens (tertiary/aromatic N) is 2. The summed E-state index contributed by atoms with van der Waals surface area (Å²) in [6.45, 7) is 0. The van der Waals surface area contributed by atoms with Gasteiger partial charge in [0.2, 0.25) is 0 Å². The molecule has 0 radical (unpaired) electrons. The van der Waals surface area contributed by atoms with E-state index in [1.165, 1.54) is 18.2 Å². The molecule has 2 N–H and O–H groups in total. The third-order valence-corrected chi connectivity index (χ3v) is 1.75. The van der Waals surface area contributed by atoms with Gasteiger partial charge in [-0.1, -0.05) is 11.6 Å². The van der Waals surface area contributed by atoms with E-state index in [1.807, 2.05) is 0 Å². The van der Waals surface area contributed by atoms with Gasteiger partial charge in [0, 0.05) is 11.1 Å². The Morgan fingerprint density at radius 2 is 2.31 bits per heavy atom. The minimum absolute atomic E-state index is 0.0231. The predicted molar refractivity (Wildman–Crippen MR) is 57.9 cm³/mol. The summed E-state index contributed by atoms with van der Waals surface area (Å²) in [6, 6.07) is 3.83. The van der Waals surface area contributed by atoms with E-state index in [0.717, 1.165) is 0 Å². The molecule has 0 aliphatic carbocycles. The van der Waals surface area contributed by atoms with Crippen LogP contribution in [0.5, 0.6) is 0 Å². The second kappa shape index (κ2) is 5.08. The Hall–Kier alpha value is -2.15. The molecular weight excluding hydrogens is 238 g/mol. The first-order valence-electron chi connectivity index (χ1n) is 3.96. The van der Waals surface area contributed by atoms with Crippen molar-refractivity contribution in [2.75, 3.05) is 5.43 Å². The first-order chi connectivity index (χ1) is 7.50. The summed E-state index contributed by atoms with van der Waals surface area (Å²) >= 11 is 5.63. The molecule has 1 rings (SSSR count). The van der Waals surface area contributed by atoms with Crippen molar-refractivity contribution in [1.29, 1.82) is 0 Å². The molecule has 84 valence electrons. The Bertz CT molecular complexity index is 461. The number of halogens is 1. The Morgan fingerprint density at radius 1 is 1.62 bits per heavy atom. The van der Waals surface area contributed by atoms with Gasteiger partial charge in [-0.15, -0.1) is 0 Å². The molecular formula is C8H6ClN3O4. The number of carboxylic acid groups (broad SMARTS) is 1. The van der Waals surface area contributed by atoms with Gasteiger partial charge >= 0.3 is 5.97 Å². The minimum Gasteiger partial charge on any atom is -0.477 e. The van der Waals surface area contributed by atoms with Crippen LogP contribution in [0.1, 0.15) is 0 Å². The molecule has 0 saturated heterocycles. The van der Waals surface area contributed by atoms with Crippen molar-refractivity contribution in [1.82, 2.24) is 0 Å². The van der Waals surface area contributed by atoms with E-state index in [2.05, 4.69) is 10.5 Å². The van der Waals surface area contributed by atoms with Crippen LogP contribution in [-0.2, 0) is 4.79 Å². The fraction of sp³-hybridized carbons (Fsp3) is 0. The highest BCUT2D eigenvalue weighted by molar-refractivity contribution is 6.31. The number of rotatable bonds is 4. The van der Waals surface area contributed by atoms with E-state index < -0.39 is 10.9 Å². The van der Waals surface area contributed by atoms with Crippen LogP contribution in [0.4, 0.5) is 11.4 Å². The van der Waals surface area contributed by atoms with Gasteiger partial charge in [-0.25, -0.2) is 4.79 Å². The number of nitro groups is 1. The van der Waals surface area contributed by atoms with Gasteiger partial charge in [0.25, 0.3) is 5.69 Å². The zero-order chi connectivity index (χ0) is 12.1. The maximum absolute atomic E-state index is 10.6. The number of nitrogens with one attached hydrogen (secondary N) is 1. The van der Waals surface area contributed by atoms with Crippen molar-refractivity contribution in [3.05, 3.63) is 33.3 Å². The fourth-order valence-electron chi connectivity index (χ4n) is 0.914. The first kappa shape index (κ1) is 11.9. The summed E-state index contributed by atoms with van der Waals surface area (Å²) in [5.74, 6) is -1.27. The van der Waals surface area contributed by atoms with Crippen LogP contribution in [0.3, 0.4) is 0 Å². The van der Waals surface area contributed by atoms with E-state index in [4.69, 9.17) is 16.7 Å². The molecule has 0 aliphatic heterocycles. The number of hydrogen-bond acceptors (Lipinski definition) is 5. The van der Waals surface area contributed by atoms with Gasteiger partial charge in [-0.3, -0.25) is 15.5 Å². The number of hydrazone groups is 1. The second-order valence-electron chi connectivity index (χ2n) is 2.63. The van der Waals surface area contributed by atoms with Crippen molar-refractivity contribution in [2.24, 2.45) is 5.10 Å². The second-order valence-corrected chi connectivity index (χ2v) is 3.06. The Balaban J connectivity index is 2.97. The highest BCUT2D eigenvalue weighted by Gasteiger charge is 2.13. The molecule has 1 aromatic rings. The zero-order valence-electron chi connectivity index (χ0n) is 7.75. The van der Waals surface area contributed by atoms with Gasteiger partial charge in [-0.05, 0) is 12.1 Å². The number of benzene rings is 1. The lowest BCUT2D eigenvalue weighted by molar-refractivity contribution is -0.384. The third kappa shape index (κ3) is 3.21. The SMILES string of the molecule is O=C(O)/C=N/Nc1cc(Cl)ccc1[N+](=O)[O-]. The van der Waals surface area contributed by atoms with Gasteiger partial charge < -0.3 is 5.11 Å². The normalized spacial score (nSPS) is 10.3. The average molecular weight is 244 g/mol. The molecule has 0 fully saturated rings. The van der Waals surface area contributed by atoms with Crippen LogP contribution in [0.2, 0.25) is 5.02 Å². The molecule has 16 heavy (non-hydrogen) atoms. The van der Waals surface area contributed by atoms with Crippen LogP contribution in [-0.4, -0.2) is 22.2 Å². The lowest BCUT2D eigenvalue weighted by Gasteiger charge is -2.01. The summed E-state index contributed by atoms with van der Waals surface area (Å²) < 4.78 is 0. The molecule has 0 saturated carbocycles. The topological polar surface area (TPSA) is 105 Å². The molecule has 8 heteroatoms. The number of carbonyl (C=O) groups is 1. The Kier molecular flexibility index (Phi) is 3.78. The van der Waals surface area contributed by atoms with Crippen LogP contribution >= 0.6 is 11.6 Å². The van der Waals surface area contributed by atoms with Crippen molar-refractivity contribution >= 4 is 35.2 Å². The quantitative estimate of drug-likeness (QED) is 0.476. The van der Waals surface area contributed by atoms with E-state index in [9.17, 15) is 14.9 Å². The van der Waals surface area contributed by atoms with Gasteiger partial charge in [0.05, 0.1) is 4.92 Å². The molecule has 1 aromatic carbocycles. The molecule has 7 nitrogen and oxygen atoms in total. The maximum Gasteiger partial charge on any atom is 0.348 e. The lowest BCUT2D eigenvalue weighted by atomic mass is 10.3. The highest BCUT2D eigenvalue weighted by atomic mass is 35.5. The summed E-state index contributed by atoms with van der Waals surface area (Å²) in [5.41, 5.74) is 2.01. The van der Waals surface area contributed by atoms with Crippen LogP contribution in [0, 0.1) is 10.1 Å². The van der Waals surface area contributed by atoms with E-state index in [1.54, 1.807) is 0 Å². The van der Waals surface area contributed by atoms with E-state index in [-0.39, 0.29) is 16.4 Å². The standard InChI is InChI=1S/C8H6ClN3O4/c9-5-1-2-7(12(15)16)6(3-5)11-10-4-8(13)14/h1-4,11H,(H,13,14)/b10-4+. The third-order valence-electron chi connectivity index (χ3n) is 1.52. The fourth-order valence-corrected chi connectivity index (χ4v) is 1.09. The van der Waals surface area contributed by atoms with Crippen molar-refractivity contribution in [2.45, 2.75) is 0 Å². The zero-order valence-corrected chi connectivity index (χ0v) is 8.51. The maximum atomic E-state index is 10.6. The largest absolute Gasteiger partial charge is 0.477 e. The van der Waals surface area contributed by atoms with Crippen molar-refractivity contribution in [3.63, 3.8) is 0 Å². The minimum atomic E-state index is -1.27. The van der Waals surface area contributed by atoms with Crippen molar-refractivity contribution < 1.29 is 14.8 Å². The molecule has 0 heterocycles. The average Bonchev–Trinajstić information content (AvgIpc) is 2.16. The molecule has 0 aromatic heterocycles. The van der Waals surface area contributed by atoms with Crippen molar-refractivity contribution in [3.8, 4) is 0 Å². The van der Waals surface area contributed by atoms with Crippen LogP contribution in [0.15, 0.2) is 23.3 Å². The van der Waals surface area contributed by atoms with E-state index >= 15 is 0 Å². The van der Waals surface area contributed by atoms with Gasteiger partial charge in [0.1, 0.15) is 11.9 Å². The monoisotopic (exact) mass is 243 g/mol. The molecule has 0 amide bonds. The summed E-state index contributed by atoms with van der Waals surface area (Å²) in [5, 5.41) is 22.4. The summed E-state index contributed by atoms with van der Waals surface area (Å²) in [7, 11) is 0. The van der Waals surface area contributed by atoms with Crippen LogP contribution in [0.25, 0.3) is 0 Å². The summed E-state index contributed by atoms with van der Waals surface area (Å²) in [4.78, 5) is 20.1. The number of nitro benzene ring substituents is 1. The Morgan fingerprint density at radius 3 is 2.88 bits per heavy atom. The summed E-state index contributed by atoms with van der Waals surface area (Å²) in [6.07, 6.45) is 0.574. The number of carboxylic acids is 1. The molecule has 0 bridgehead atoms. The number of hydrogen-bond donors (Lipinski definition) is 2. The molecule has 0 unspecified atom stereocenters. The van der Waals surface area contributed by atoms with Gasteiger partial charge in [0.15, 0.2) is 0 Å². The van der Waals surface area contributed by atoms with E-state index in [0.29, 0.717) is 6.21 Å². The Labute approximate surface area is 94.5 Å². The lowest BCUT2D eigenvalue weighted by Crippen LogP contribution is -2.00. The first-order valence-corrected chi connectivity index (χ1v) is 4.34. The number of anilines is 1. The molecule has 0 spiro atoms. The number of aliphatic carboxylic acids is 1. The molecule has 0 atom stereocenters.